The van der Waals surface area contributed by atoms with Crippen LogP contribution in [-0.4, -0.2) is 16.0 Å². The average Bonchev–Trinajstić information content (AvgIpc) is 2.38. The number of carbonyl (C=O) groups is 1. The Kier molecular flexibility index (Phi) is 4.58. The van der Waals surface area contributed by atoms with E-state index in [1.165, 1.54) is 36.4 Å². The molecule has 5 nitrogen and oxygen atoms in total. The predicted molar refractivity (Wildman–Crippen MR) is 72.0 cm³/mol. The van der Waals surface area contributed by atoms with Gasteiger partial charge in [-0.05, 0) is 18.4 Å². The molecule has 0 heterocycles. The summed E-state index contributed by atoms with van der Waals surface area (Å²) in [5.74, 6) is -0.999. The number of carboxylic acid groups (broad SMARTS) is 1. The fourth-order valence-corrected chi connectivity index (χ4v) is 2.01. The summed E-state index contributed by atoms with van der Waals surface area (Å²) in [7, 11) is 0. The molecule has 1 N–H and O–H groups in total. The van der Waals surface area contributed by atoms with Gasteiger partial charge in [-0.3, -0.25) is 14.9 Å². The van der Waals surface area contributed by atoms with E-state index in [-0.39, 0.29) is 18.5 Å². The normalized spacial score (nSPS) is 10.7. The molecular formula is C14H15NO4. The number of hydrogen-bond acceptors (Lipinski definition) is 3. The monoisotopic (exact) mass is 261 g/mol. The second-order valence-corrected chi connectivity index (χ2v) is 4.18. The molecule has 0 radical (unpaired) electrons. The van der Waals surface area contributed by atoms with Gasteiger partial charge >= 0.3 is 5.97 Å². The van der Waals surface area contributed by atoms with Gasteiger partial charge in [-0.2, -0.15) is 0 Å². The largest absolute Gasteiger partial charge is 0.481 e. The number of allylic oxidation sites excluding steroid dienone is 2. The van der Waals surface area contributed by atoms with E-state index in [1.807, 2.05) is 0 Å². The molecule has 0 spiro atoms. The minimum absolute atomic E-state index is 0.0692. The van der Waals surface area contributed by atoms with Gasteiger partial charge in [-0.25, -0.2) is 0 Å². The highest BCUT2D eigenvalue weighted by atomic mass is 16.6. The van der Waals surface area contributed by atoms with Gasteiger partial charge in [0.15, 0.2) is 0 Å². The molecule has 100 valence electrons. The smallest absolute Gasteiger partial charge is 0.314 e. The lowest BCUT2D eigenvalue weighted by Crippen LogP contribution is -2.34. The second-order valence-electron chi connectivity index (χ2n) is 4.18. The maximum atomic E-state index is 11.6. The van der Waals surface area contributed by atoms with E-state index in [0.717, 1.165) is 0 Å². The highest BCUT2D eigenvalue weighted by Gasteiger charge is 2.38. The van der Waals surface area contributed by atoms with E-state index in [9.17, 15) is 20.0 Å². The first-order chi connectivity index (χ1) is 8.97. The third-order valence-corrected chi connectivity index (χ3v) is 3.03. The van der Waals surface area contributed by atoms with Gasteiger partial charge in [0.1, 0.15) is 0 Å². The molecular weight excluding hydrogens is 246 g/mol. The number of nitro groups is 1. The summed E-state index contributed by atoms with van der Waals surface area (Å²) in [6, 6.07) is 5.55. The maximum absolute atomic E-state index is 11.6. The molecule has 0 amide bonds. The lowest BCUT2D eigenvalue weighted by molar-refractivity contribution is -0.384. The zero-order valence-electron chi connectivity index (χ0n) is 10.4. The molecule has 1 aromatic carbocycles. The Bertz CT molecular complexity index is 495. The molecule has 0 saturated heterocycles. The Labute approximate surface area is 111 Å². The number of rotatable bonds is 7. The van der Waals surface area contributed by atoms with Crippen molar-refractivity contribution in [2.45, 2.75) is 18.3 Å². The number of benzene rings is 1. The van der Waals surface area contributed by atoms with Crippen LogP contribution in [0.1, 0.15) is 18.4 Å². The molecule has 0 unspecified atom stereocenters. The van der Waals surface area contributed by atoms with Crippen LogP contribution in [0.15, 0.2) is 49.6 Å². The van der Waals surface area contributed by atoms with Gasteiger partial charge in [-0.1, -0.05) is 24.3 Å². The van der Waals surface area contributed by atoms with E-state index < -0.39 is 16.3 Å². The van der Waals surface area contributed by atoms with Gasteiger partial charge in [0.2, 0.25) is 0 Å². The minimum Gasteiger partial charge on any atom is -0.481 e. The molecule has 0 aliphatic heterocycles. The fourth-order valence-electron chi connectivity index (χ4n) is 2.01. The number of aliphatic carboxylic acids is 1. The molecule has 1 rings (SSSR count). The third kappa shape index (κ3) is 2.88. The number of carboxylic acids is 1. The number of nitrogens with zero attached hydrogens (tertiary/aromatic N) is 1. The van der Waals surface area contributed by atoms with Crippen LogP contribution in [0.5, 0.6) is 0 Å². The van der Waals surface area contributed by atoms with Crippen molar-refractivity contribution in [3.8, 4) is 0 Å². The van der Waals surface area contributed by atoms with Gasteiger partial charge in [-0.15, -0.1) is 13.2 Å². The van der Waals surface area contributed by atoms with Crippen molar-refractivity contribution in [1.82, 2.24) is 0 Å². The van der Waals surface area contributed by atoms with Gasteiger partial charge < -0.3 is 5.11 Å². The summed E-state index contributed by atoms with van der Waals surface area (Å²) >= 11 is 0. The third-order valence-electron chi connectivity index (χ3n) is 3.03. The Hall–Kier alpha value is -2.43. The fraction of sp³-hybridized carbons (Fsp3) is 0.214. The first kappa shape index (κ1) is 14.6. The molecule has 0 aromatic heterocycles. The maximum Gasteiger partial charge on any atom is 0.314 e. The van der Waals surface area contributed by atoms with Crippen molar-refractivity contribution in [2.75, 3.05) is 0 Å². The first-order valence-electron chi connectivity index (χ1n) is 5.68. The van der Waals surface area contributed by atoms with Crippen LogP contribution in [0.2, 0.25) is 0 Å². The number of hydrogen-bond donors (Lipinski definition) is 1. The van der Waals surface area contributed by atoms with Crippen molar-refractivity contribution in [3.05, 3.63) is 65.3 Å². The van der Waals surface area contributed by atoms with E-state index in [1.54, 1.807) is 0 Å². The first-order valence-corrected chi connectivity index (χ1v) is 5.68. The highest BCUT2D eigenvalue weighted by molar-refractivity contribution is 5.82. The molecule has 19 heavy (non-hydrogen) atoms. The Morgan fingerprint density at radius 1 is 1.26 bits per heavy atom. The van der Waals surface area contributed by atoms with Crippen LogP contribution in [0, 0.1) is 10.1 Å². The van der Waals surface area contributed by atoms with Gasteiger partial charge in [0.05, 0.1) is 10.3 Å². The van der Waals surface area contributed by atoms with Gasteiger partial charge in [0.25, 0.3) is 5.69 Å². The summed E-state index contributed by atoms with van der Waals surface area (Å²) in [6.45, 7) is 7.15. The molecule has 0 aliphatic rings. The quantitative estimate of drug-likeness (QED) is 0.464. The number of non-ortho nitro benzene ring substituents is 1. The molecule has 1 aromatic rings. The number of nitro benzene ring substituents is 1. The Morgan fingerprint density at radius 2 is 1.74 bits per heavy atom. The highest BCUT2D eigenvalue weighted by Crippen LogP contribution is 2.34. The van der Waals surface area contributed by atoms with E-state index in [4.69, 9.17) is 0 Å². The van der Waals surface area contributed by atoms with Crippen LogP contribution < -0.4 is 0 Å². The summed E-state index contributed by atoms with van der Waals surface area (Å²) in [4.78, 5) is 21.7. The summed E-state index contributed by atoms with van der Waals surface area (Å²) < 4.78 is 0. The van der Waals surface area contributed by atoms with Crippen molar-refractivity contribution in [2.24, 2.45) is 0 Å². The van der Waals surface area contributed by atoms with Crippen molar-refractivity contribution < 1.29 is 14.8 Å². The Balaban J connectivity index is 3.30. The molecule has 0 aliphatic carbocycles. The van der Waals surface area contributed by atoms with Crippen molar-refractivity contribution in [3.63, 3.8) is 0 Å². The standard InChI is InChI=1S/C14H15NO4/c1-3-9-14(10-4-2,13(16)17)11-5-7-12(8-6-11)15(18)19/h3-8H,1-2,9-10H2,(H,16,17). The average molecular weight is 261 g/mol. The van der Waals surface area contributed by atoms with E-state index in [0.29, 0.717) is 5.56 Å². The lowest BCUT2D eigenvalue weighted by atomic mass is 9.75. The van der Waals surface area contributed by atoms with Gasteiger partial charge in [0, 0.05) is 12.1 Å². The second kappa shape index (κ2) is 5.95. The molecule has 0 fully saturated rings. The Morgan fingerprint density at radius 3 is 2.05 bits per heavy atom. The molecule has 5 heteroatoms. The van der Waals surface area contributed by atoms with Crippen molar-refractivity contribution >= 4 is 11.7 Å². The van der Waals surface area contributed by atoms with Crippen LogP contribution in [-0.2, 0) is 10.2 Å². The van der Waals surface area contributed by atoms with E-state index in [2.05, 4.69) is 13.2 Å². The zero-order chi connectivity index (χ0) is 14.5. The lowest BCUT2D eigenvalue weighted by Gasteiger charge is -2.27. The minimum atomic E-state index is -1.17. The summed E-state index contributed by atoms with van der Waals surface area (Å²) in [6.07, 6.45) is 3.51. The van der Waals surface area contributed by atoms with Crippen LogP contribution >= 0.6 is 0 Å². The van der Waals surface area contributed by atoms with Crippen LogP contribution in [0.4, 0.5) is 5.69 Å². The molecule has 0 bridgehead atoms. The SMILES string of the molecule is C=CCC(CC=C)(C(=O)O)c1ccc([N+](=O)[O-])cc1. The topological polar surface area (TPSA) is 80.4 Å². The van der Waals surface area contributed by atoms with E-state index >= 15 is 0 Å². The van der Waals surface area contributed by atoms with Crippen LogP contribution in [0.3, 0.4) is 0 Å². The van der Waals surface area contributed by atoms with Crippen molar-refractivity contribution in [1.29, 1.82) is 0 Å². The summed E-state index contributed by atoms with van der Waals surface area (Å²) in [5, 5.41) is 20.1. The molecule has 0 saturated carbocycles. The predicted octanol–water partition coefficient (Wildman–Crippen LogP) is 3.07. The molecule has 0 atom stereocenters. The van der Waals surface area contributed by atoms with Crippen LogP contribution in [0.25, 0.3) is 0 Å². The zero-order valence-corrected chi connectivity index (χ0v) is 10.4. The summed E-state index contributed by atoms with van der Waals surface area (Å²) in [5.41, 5.74) is -0.732.